The number of hydrogen-bond donors (Lipinski definition) is 1. The lowest BCUT2D eigenvalue weighted by Gasteiger charge is -2.21. The van der Waals surface area contributed by atoms with Gasteiger partial charge < -0.3 is 9.55 Å². The maximum atomic E-state index is 3.65. The fraction of sp³-hybridized carbons (Fsp3) is 0.103. The van der Waals surface area contributed by atoms with Gasteiger partial charge in [-0.25, -0.2) is 0 Å². The van der Waals surface area contributed by atoms with Crippen LogP contribution in [0.2, 0.25) is 0 Å². The molecule has 2 heteroatoms. The molecule has 7 rings (SSSR count). The molecule has 1 N–H and O–H groups in total. The van der Waals surface area contributed by atoms with E-state index < -0.39 is 0 Å². The van der Waals surface area contributed by atoms with E-state index in [0.29, 0.717) is 0 Å². The summed E-state index contributed by atoms with van der Waals surface area (Å²) in [5.41, 5.74) is 10.3. The van der Waals surface area contributed by atoms with Gasteiger partial charge in [-0.05, 0) is 41.5 Å². The molecule has 148 valence electrons. The standard InChI is InChI=1S/C29H22N2/c1-29(2)23-14-8-6-13-20(23)28-27(29)22-16-25-21(19-12-7-9-15-24(19)30-25)17-26(22)31(28)18-10-4-3-5-11-18/h3-17,30H,1-2H3. The number of nitrogens with zero attached hydrogens (tertiary/aromatic N) is 1. The Bertz CT molecular complexity index is 1650. The highest BCUT2D eigenvalue weighted by atomic mass is 15.0. The zero-order chi connectivity index (χ0) is 20.7. The summed E-state index contributed by atoms with van der Waals surface area (Å²) in [4.78, 5) is 3.65. The molecule has 0 spiro atoms. The van der Waals surface area contributed by atoms with Gasteiger partial charge in [-0.3, -0.25) is 0 Å². The van der Waals surface area contributed by atoms with Crippen molar-refractivity contribution in [3.8, 4) is 16.9 Å². The third kappa shape index (κ3) is 2.07. The van der Waals surface area contributed by atoms with Crippen LogP contribution in [0.15, 0.2) is 91.0 Å². The monoisotopic (exact) mass is 398 g/mol. The van der Waals surface area contributed by atoms with Gasteiger partial charge in [-0.2, -0.15) is 0 Å². The molecule has 0 atom stereocenters. The third-order valence-corrected chi connectivity index (χ3v) is 7.09. The molecular weight excluding hydrogens is 376 g/mol. The third-order valence-electron chi connectivity index (χ3n) is 7.09. The summed E-state index contributed by atoms with van der Waals surface area (Å²) in [6.45, 7) is 4.73. The van der Waals surface area contributed by atoms with Gasteiger partial charge in [-0.15, -0.1) is 0 Å². The molecule has 0 aliphatic heterocycles. The molecule has 0 unspecified atom stereocenters. The van der Waals surface area contributed by atoms with E-state index in [-0.39, 0.29) is 5.41 Å². The molecule has 0 bridgehead atoms. The molecule has 0 radical (unpaired) electrons. The first kappa shape index (κ1) is 17.0. The Balaban J connectivity index is 1.72. The lowest BCUT2D eigenvalue weighted by Crippen LogP contribution is -2.14. The molecule has 0 saturated carbocycles. The second-order valence-corrected chi connectivity index (χ2v) is 9.15. The van der Waals surface area contributed by atoms with Gasteiger partial charge in [0.25, 0.3) is 0 Å². The first-order valence-electron chi connectivity index (χ1n) is 10.9. The predicted octanol–water partition coefficient (Wildman–Crippen LogP) is 7.57. The molecule has 2 nitrogen and oxygen atoms in total. The number of aromatic nitrogens is 2. The smallest absolute Gasteiger partial charge is 0.0585 e. The Morgan fingerprint density at radius 2 is 1.42 bits per heavy atom. The van der Waals surface area contributed by atoms with Crippen molar-refractivity contribution in [2.45, 2.75) is 19.3 Å². The molecule has 2 aromatic heterocycles. The van der Waals surface area contributed by atoms with Crippen LogP contribution in [0, 0.1) is 0 Å². The number of rotatable bonds is 1. The molecule has 4 aromatic carbocycles. The maximum absolute atomic E-state index is 3.65. The Kier molecular flexibility index (Phi) is 3.10. The van der Waals surface area contributed by atoms with Crippen LogP contribution >= 0.6 is 0 Å². The van der Waals surface area contributed by atoms with Crippen LogP contribution in [0.3, 0.4) is 0 Å². The first-order chi connectivity index (χ1) is 15.1. The SMILES string of the molecule is CC1(C)c2ccccc2-c2c1c1cc3[nH]c4ccccc4c3cc1n2-c1ccccc1. The lowest BCUT2D eigenvalue weighted by atomic mass is 9.81. The second kappa shape index (κ2) is 5.67. The van der Waals surface area contributed by atoms with E-state index in [0.717, 1.165) is 0 Å². The van der Waals surface area contributed by atoms with Gasteiger partial charge in [-0.1, -0.05) is 74.5 Å². The fourth-order valence-corrected chi connectivity index (χ4v) is 5.73. The van der Waals surface area contributed by atoms with Crippen molar-refractivity contribution in [3.63, 3.8) is 0 Å². The Morgan fingerprint density at radius 1 is 0.677 bits per heavy atom. The number of H-pyrrole nitrogens is 1. The van der Waals surface area contributed by atoms with Crippen molar-refractivity contribution in [2.24, 2.45) is 0 Å². The number of hydrogen-bond acceptors (Lipinski definition) is 0. The van der Waals surface area contributed by atoms with E-state index >= 15 is 0 Å². The maximum Gasteiger partial charge on any atom is 0.0585 e. The quantitative estimate of drug-likeness (QED) is 0.295. The number of benzene rings is 4. The van der Waals surface area contributed by atoms with Gasteiger partial charge in [0.15, 0.2) is 0 Å². The Morgan fingerprint density at radius 3 is 2.29 bits per heavy atom. The van der Waals surface area contributed by atoms with E-state index in [4.69, 9.17) is 0 Å². The largest absolute Gasteiger partial charge is 0.354 e. The van der Waals surface area contributed by atoms with Crippen molar-refractivity contribution >= 4 is 32.7 Å². The van der Waals surface area contributed by atoms with Crippen LogP contribution in [0.25, 0.3) is 49.7 Å². The van der Waals surface area contributed by atoms with Gasteiger partial charge in [0.2, 0.25) is 0 Å². The van der Waals surface area contributed by atoms with Crippen molar-refractivity contribution in [3.05, 3.63) is 102 Å². The van der Waals surface area contributed by atoms with Gasteiger partial charge in [0, 0.05) is 43.9 Å². The molecule has 1 aliphatic rings. The normalized spacial score (nSPS) is 14.4. The van der Waals surface area contributed by atoms with Crippen LogP contribution in [-0.2, 0) is 5.41 Å². The minimum absolute atomic E-state index is 0.0517. The molecule has 0 saturated heterocycles. The summed E-state index contributed by atoms with van der Waals surface area (Å²) in [6.07, 6.45) is 0. The Labute approximate surface area is 180 Å². The van der Waals surface area contributed by atoms with Gasteiger partial charge in [0.1, 0.15) is 0 Å². The van der Waals surface area contributed by atoms with Crippen molar-refractivity contribution < 1.29 is 0 Å². The number of para-hydroxylation sites is 2. The summed E-state index contributed by atoms with van der Waals surface area (Å²) in [5.74, 6) is 0. The minimum atomic E-state index is -0.0517. The van der Waals surface area contributed by atoms with Crippen LogP contribution < -0.4 is 0 Å². The molecule has 0 fully saturated rings. The van der Waals surface area contributed by atoms with Crippen LogP contribution in [0.4, 0.5) is 0 Å². The van der Waals surface area contributed by atoms with Crippen molar-refractivity contribution in [1.29, 1.82) is 0 Å². The van der Waals surface area contributed by atoms with Crippen LogP contribution in [0.5, 0.6) is 0 Å². The highest BCUT2D eigenvalue weighted by Crippen LogP contribution is 2.54. The van der Waals surface area contributed by atoms with E-state index in [1.54, 1.807) is 0 Å². The van der Waals surface area contributed by atoms with E-state index in [9.17, 15) is 0 Å². The molecule has 1 aliphatic carbocycles. The van der Waals surface area contributed by atoms with Gasteiger partial charge in [0.05, 0.1) is 11.2 Å². The summed E-state index contributed by atoms with van der Waals surface area (Å²) < 4.78 is 2.47. The summed E-state index contributed by atoms with van der Waals surface area (Å²) in [7, 11) is 0. The van der Waals surface area contributed by atoms with E-state index in [1.807, 2.05) is 0 Å². The minimum Gasteiger partial charge on any atom is -0.354 e. The topological polar surface area (TPSA) is 20.7 Å². The highest BCUT2D eigenvalue weighted by molar-refractivity contribution is 6.14. The number of nitrogens with one attached hydrogen (secondary N) is 1. The van der Waals surface area contributed by atoms with Crippen molar-refractivity contribution in [2.75, 3.05) is 0 Å². The highest BCUT2D eigenvalue weighted by Gasteiger charge is 2.40. The molecule has 0 amide bonds. The number of fused-ring (bicyclic) bond motifs is 8. The fourth-order valence-electron chi connectivity index (χ4n) is 5.73. The molecular formula is C29H22N2. The zero-order valence-corrected chi connectivity index (χ0v) is 17.6. The summed E-state index contributed by atoms with van der Waals surface area (Å²) in [5, 5.41) is 3.89. The summed E-state index contributed by atoms with van der Waals surface area (Å²) in [6, 6.07) is 33.0. The lowest BCUT2D eigenvalue weighted by molar-refractivity contribution is 0.666. The number of aromatic amines is 1. The zero-order valence-electron chi connectivity index (χ0n) is 17.6. The molecule has 2 heterocycles. The van der Waals surface area contributed by atoms with E-state index in [2.05, 4.69) is 114 Å². The Hall–Kier alpha value is -3.78. The summed E-state index contributed by atoms with van der Waals surface area (Å²) >= 11 is 0. The van der Waals surface area contributed by atoms with Crippen LogP contribution in [-0.4, -0.2) is 9.55 Å². The predicted molar refractivity (Wildman–Crippen MR) is 130 cm³/mol. The van der Waals surface area contributed by atoms with Crippen LogP contribution in [0.1, 0.15) is 25.0 Å². The average Bonchev–Trinajstić information content (AvgIpc) is 3.40. The average molecular weight is 399 g/mol. The molecule has 31 heavy (non-hydrogen) atoms. The van der Waals surface area contributed by atoms with Gasteiger partial charge >= 0.3 is 0 Å². The second-order valence-electron chi connectivity index (χ2n) is 9.15. The van der Waals surface area contributed by atoms with E-state index in [1.165, 1.54) is 60.8 Å². The molecule has 6 aromatic rings. The van der Waals surface area contributed by atoms with Crippen molar-refractivity contribution in [1.82, 2.24) is 9.55 Å². The first-order valence-corrected chi connectivity index (χ1v) is 10.9.